The van der Waals surface area contributed by atoms with Gasteiger partial charge in [-0.05, 0) is 43.2 Å². The lowest BCUT2D eigenvalue weighted by atomic mass is 10.00. The molecule has 0 spiro atoms. The van der Waals surface area contributed by atoms with Crippen molar-refractivity contribution in [2.75, 3.05) is 6.61 Å². The second kappa shape index (κ2) is 6.53. The fourth-order valence-corrected chi connectivity index (χ4v) is 3.27. The highest BCUT2D eigenvalue weighted by Gasteiger charge is 2.21. The molecule has 1 aliphatic heterocycles. The number of rotatable bonds is 5. The molecule has 2 rings (SSSR count). The van der Waals surface area contributed by atoms with Crippen LogP contribution in [0.5, 0.6) is 0 Å². The van der Waals surface area contributed by atoms with Gasteiger partial charge in [0, 0.05) is 24.1 Å². The number of ether oxygens (including phenoxy) is 1. The molecule has 1 fully saturated rings. The largest absolute Gasteiger partial charge is 0.378 e. The van der Waals surface area contributed by atoms with E-state index in [0.29, 0.717) is 12.1 Å². The molecule has 0 radical (unpaired) electrons. The number of thiophene rings is 1. The predicted molar refractivity (Wildman–Crippen MR) is 73.6 cm³/mol. The van der Waals surface area contributed by atoms with Gasteiger partial charge in [-0.15, -0.1) is 11.3 Å². The first kappa shape index (κ1) is 13.1. The lowest BCUT2D eigenvalue weighted by Crippen LogP contribution is -2.38. The van der Waals surface area contributed by atoms with Crippen LogP contribution in [-0.2, 0) is 11.3 Å². The van der Waals surface area contributed by atoms with E-state index in [2.05, 4.69) is 30.6 Å². The third-order valence-corrected chi connectivity index (χ3v) is 4.52. The van der Waals surface area contributed by atoms with Crippen molar-refractivity contribution in [3.8, 4) is 0 Å². The van der Waals surface area contributed by atoms with Crippen LogP contribution >= 0.6 is 11.3 Å². The Balaban J connectivity index is 1.77. The van der Waals surface area contributed by atoms with Crippen LogP contribution in [0, 0.1) is 6.92 Å². The van der Waals surface area contributed by atoms with E-state index in [1.54, 1.807) is 0 Å². The molecule has 96 valence electrons. The minimum absolute atomic E-state index is 0.482. The first-order chi connectivity index (χ1) is 8.29. The fourth-order valence-electron chi connectivity index (χ4n) is 2.41. The molecule has 1 saturated heterocycles. The maximum Gasteiger partial charge on any atom is 0.0589 e. The molecule has 2 nitrogen and oxygen atoms in total. The highest BCUT2D eigenvalue weighted by molar-refractivity contribution is 7.10. The van der Waals surface area contributed by atoms with Crippen molar-refractivity contribution in [2.24, 2.45) is 0 Å². The second-order valence-corrected chi connectivity index (χ2v) is 5.91. The summed E-state index contributed by atoms with van der Waals surface area (Å²) in [4.78, 5) is 1.48. The number of nitrogens with one attached hydrogen (secondary N) is 1. The van der Waals surface area contributed by atoms with Gasteiger partial charge in [0.25, 0.3) is 0 Å². The van der Waals surface area contributed by atoms with Crippen LogP contribution in [0.3, 0.4) is 0 Å². The monoisotopic (exact) mass is 253 g/mol. The summed E-state index contributed by atoms with van der Waals surface area (Å²) >= 11 is 1.86. The van der Waals surface area contributed by atoms with Crippen molar-refractivity contribution in [1.29, 1.82) is 0 Å². The summed E-state index contributed by atoms with van der Waals surface area (Å²) in [5.74, 6) is 0. The van der Waals surface area contributed by atoms with Gasteiger partial charge in [0.1, 0.15) is 0 Å². The summed E-state index contributed by atoms with van der Waals surface area (Å²) in [5, 5.41) is 5.86. The van der Waals surface area contributed by atoms with Crippen LogP contribution in [-0.4, -0.2) is 18.8 Å². The summed E-state index contributed by atoms with van der Waals surface area (Å²) in [7, 11) is 0. The van der Waals surface area contributed by atoms with E-state index in [4.69, 9.17) is 4.74 Å². The number of aryl methyl sites for hydroxylation is 1. The van der Waals surface area contributed by atoms with Gasteiger partial charge >= 0.3 is 0 Å². The topological polar surface area (TPSA) is 21.3 Å². The molecule has 2 heterocycles. The number of hydrogen-bond donors (Lipinski definition) is 1. The van der Waals surface area contributed by atoms with Gasteiger partial charge in [-0.1, -0.05) is 13.3 Å². The SMILES string of the molecule is CCCC1CC(NCc2sccc2C)CCO1. The normalized spacial score (nSPS) is 25.1. The zero-order valence-electron chi connectivity index (χ0n) is 10.9. The van der Waals surface area contributed by atoms with Crippen LogP contribution in [0.15, 0.2) is 11.4 Å². The van der Waals surface area contributed by atoms with Gasteiger partial charge in [0.15, 0.2) is 0 Å². The van der Waals surface area contributed by atoms with E-state index in [1.165, 1.54) is 29.7 Å². The molecule has 1 N–H and O–H groups in total. The molecule has 0 aromatic carbocycles. The molecule has 0 bridgehead atoms. The van der Waals surface area contributed by atoms with Crippen molar-refractivity contribution in [1.82, 2.24) is 5.32 Å². The Bertz CT molecular complexity index is 335. The Morgan fingerprint density at radius 2 is 2.41 bits per heavy atom. The summed E-state index contributed by atoms with van der Waals surface area (Å²) in [6.45, 7) is 6.37. The quantitative estimate of drug-likeness (QED) is 0.867. The van der Waals surface area contributed by atoms with Gasteiger partial charge in [0.05, 0.1) is 6.10 Å². The van der Waals surface area contributed by atoms with Crippen LogP contribution in [0.4, 0.5) is 0 Å². The second-order valence-electron chi connectivity index (χ2n) is 4.91. The van der Waals surface area contributed by atoms with Crippen molar-refractivity contribution in [3.63, 3.8) is 0 Å². The fraction of sp³-hybridized carbons (Fsp3) is 0.714. The van der Waals surface area contributed by atoms with E-state index in [-0.39, 0.29) is 0 Å². The van der Waals surface area contributed by atoms with Crippen LogP contribution < -0.4 is 5.32 Å². The van der Waals surface area contributed by atoms with Crippen molar-refractivity contribution >= 4 is 11.3 Å². The van der Waals surface area contributed by atoms with Gasteiger partial charge < -0.3 is 10.1 Å². The van der Waals surface area contributed by atoms with E-state index in [1.807, 2.05) is 11.3 Å². The lowest BCUT2D eigenvalue weighted by Gasteiger charge is -2.30. The molecule has 0 aliphatic carbocycles. The summed E-state index contributed by atoms with van der Waals surface area (Å²) in [5.41, 5.74) is 1.42. The minimum Gasteiger partial charge on any atom is -0.378 e. The molecule has 0 saturated carbocycles. The van der Waals surface area contributed by atoms with Crippen LogP contribution in [0.2, 0.25) is 0 Å². The average molecular weight is 253 g/mol. The zero-order valence-corrected chi connectivity index (χ0v) is 11.7. The van der Waals surface area contributed by atoms with E-state index < -0.39 is 0 Å². The van der Waals surface area contributed by atoms with Gasteiger partial charge in [0.2, 0.25) is 0 Å². The molecule has 1 aliphatic rings. The summed E-state index contributed by atoms with van der Waals surface area (Å²) in [6.07, 6.45) is 5.25. The highest BCUT2D eigenvalue weighted by Crippen LogP contribution is 2.20. The molecule has 17 heavy (non-hydrogen) atoms. The Labute approximate surface area is 108 Å². The molecule has 3 heteroatoms. The van der Waals surface area contributed by atoms with Crippen LogP contribution in [0.25, 0.3) is 0 Å². The zero-order chi connectivity index (χ0) is 12.1. The minimum atomic E-state index is 0.482. The molecular formula is C14H23NOS. The Kier molecular flexibility index (Phi) is 5.01. The Morgan fingerprint density at radius 1 is 1.53 bits per heavy atom. The van der Waals surface area contributed by atoms with Crippen molar-refractivity contribution < 1.29 is 4.74 Å². The molecule has 2 unspecified atom stereocenters. The van der Waals surface area contributed by atoms with Crippen molar-refractivity contribution in [2.45, 2.75) is 58.2 Å². The van der Waals surface area contributed by atoms with E-state index in [0.717, 1.165) is 19.6 Å². The molecular weight excluding hydrogens is 230 g/mol. The molecule has 0 amide bonds. The van der Waals surface area contributed by atoms with E-state index in [9.17, 15) is 0 Å². The summed E-state index contributed by atoms with van der Waals surface area (Å²) < 4.78 is 5.77. The third-order valence-electron chi connectivity index (χ3n) is 3.50. The van der Waals surface area contributed by atoms with Gasteiger partial charge in [-0.3, -0.25) is 0 Å². The third kappa shape index (κ3) is 3.80. The first-order valence-electron chi connectivity index (χ1n) is 6.67. The van der Waals surface area contributed by atoms with Crippen LogP contribution in [0.1, 0.15) is 43.0 Å². The molecule has 1 aromatic heterocycles. The van der Waals surface area contributed by atoms with Gasteiger partial charge in [-0.2, -0.15) is 0 Å². The number of hydrogen-bond acceptors (Lipinski definition) is 3. The maximum absolute atomic E-state index is 5.77. The average Bonchev–Trinajstić information content (AvgIpc) is 2.73. The first-order valence-corrected chi connectivity index (χ1v) is 7.55. The highest BCUT2D eigenvalue weighted by atomic mass is 32.1. The predicted octanol–water partition coefficient (Wildman–Crippen LogP) is 3.49. The van der Waals surface area contributed by atoms with E-state index >= 15 is 0 Å². The maximum atomic E-state index is 5.77. The Hall–Kier alpha value is -0.380. The molecule has 2 atom stereocenters. The Morgan fingerprint density at radius 3 is 3.12 bits per heavy atom. The smallest absolute Gasteiger partial charge is 0.0589 e. The lowest BCUT2D eigenvalue weighted by molar-refractivity contribution is -0.00339. The van der Waals surface area contributed by atoms with Gasteiger partial charge in [-0.25, -0.2) is 0 Å². The standard InChI is InChI=1S/C14H23NOS/c1-3-4-13-9-12(5-7-16-13)15-10-14-11(2)6-8-17-14/h6,8,12-13,15H,3-5,7,9-10H2,1-2H3. The van der Waals surface area contributed by atoms with Crippen molar-refractivity contribution in [3.05, 3.63) is 21.9 Å². The summed E-state index contributed by atoms with van der Waals surface area (Å²) in [6, 6.07) is 2.84. The molecule has 1 aromatic rings.